The van der Waals surface area contributed by atoms with Gasteiger partial charge in [0.05, 0.1) is 36.1 Å². The highest BCUT2D eigenvalue weighted by molar-refractivity contribution is 7.92. The normalized spacial score (nSPS) is 11.1. The molecule has 36 heavy (non-hydrogen) atoms. The minimum absolute atomic E-state index is 0.0918. The van der Waals surface area contributed by atoms with Crippen LogP contribution in [-0.4, -0.2) is 46.4 Å². The van der Waals surface area contributed by atoms with Gasteiger partial charge >= 0.3 is 0 Å². The summed E-state index contributed by atoms with van der Waals surface area (Å²) < 4.78 is 34.5. The van der Waals surface area contributed by atoms with E-state index in [0.717, 1.165) is 5.56 Å². The summed E-state index contributed by atoms with van der Waals surface area (Å²) in [5.41, 5.74) is 7.57. The Kier molecular flexibility index (Phi) is 7.44. The standard InChI is InChI=1S/C24H25N7O4S/c1-2-36(33,34)30-20-9-8-18(14-21(20)35-13-10-17-6-4-3-5-7-17)31-24(19(15-28-31)23(25)32)29-22-16-26-11-12-27-22/h3-9,11-12,14-16,30H,2,10,13H2,1H3,(H2,25,32)(H,27,29). The third kappa shape index (κ3) is 5.96. The van der Waals surface area contributed by atoms with E-state index in [2.05, 4.69) is 25.1 Å². The van der Waals surface area contributed by atoms with Gasteiger partial charge in [-0.15, -0.1) is 0 Å². The lowest BCUT2D eigenvalue weighted by Crippen LogP contribution is -2.16. The number of hydrogen-bond acceptors (Lipinski definition) is 8. The zero-order valence-corrected chi connectivity index (χ0v) is 20.3. The molecule has 12 heteroatoms. The van der Waals surface area contributed by atoms with Crippen LogP contribution in [0.3, 0.4) is 0 Å². The van der Waals surface area contributed by atoms with Crippen molar-refractivity contribution in [2.75, 3.05) is 22.4 Å². The fourth-order valence-electron chi connectivity index (χ4n) is 3.34. The number of aromatic nitrogens is 4. The van der Waals surface area contributed by atoms with Crippen LogP contribution < -0.4 is 20.5 Å². The van der Waals surface area contributed by atoms with Crippen LogP contribution in [0.5, 0.6) is 5.75 Å². The number of carbonyl (C=O) groups is 1. The first-order valence-electron chi connectivity index (χ1n) is 11.1. The number of hydrogen-bond donors (Lipinski definition) is 3. The van der Waals surface area contributed by atoms with Crippen LogP contribution in [0.1, 0.15) is 22.8 Å². The number of sulfonamides is 1. The summed E-state index contributed by atoms with van der Waals surface area (Å²) in [4.78, 5) is 20.2. The second kappa shape index (κ2) is 10.9. The number of nitrogens with two attached hydrogens (primary N) is 1. The van der Waals surface area contributed by atoms with E-state index in [1.807, 2.05) is 30.3 Å². The molecule has 0 bridgehead atoms. The maximum atomic E-state index is 12.2. The first kappa shape index (κ1) is 24.7. The summed E-state index contributed by atoms with van der Waals surface area (Å²) in [6.45, 7) is 1.86. The van der Waals surface area contributed by atoms with Crippen LogP contribution >= 0.6 is 0 Å². The minimum atomic E-state index is -3.55. The summed E-state index contributed by atoms with van der Waals surface area (Å²) in [6.07, 6.45) is 6.47. The molecule has 0 unspecified atom stereocenters. The highest BCUT2D eigenvalue weighted by Gasteiger charge is 2.19. The highest BCUT2D eigenvalue weighted by atomic mass is 32.2. The molecule has 0 radical (unpaired) electrons. The average molecular weight is 508 g/mol. The number of benzene rings is 2. The fraction of sp³-hybridized carbons (Fsp3) is 0.167. The SMILES string of the molecule is CCS(=O)(=O)Nc1ccc(-n2ncc(C(N)=O)c2Nc2cnccn2)cc1OCCc1ccccc1. The summed E-state index contributed by atoms with van der Waals surface area (Å²) in [5.74, 6) is 0.195. The highest BCUT2D eigenvalue weighted by Crippen LogP contribution is 2.31. The average Bonchev–Trinajstić information content (AvgIpc) is 3.30. The van der Waals surface area contributed by atoms with Crippen molar-refractivity contribution in [1.82, 2.24) is 19.7 Å². The molecule has 2 heterocycles. The van der Waals surface area contributed by atoms with E-state index in [1.54, 1.807) is 25.1 Å². The van der Waals surface area contributed by atoms with Gasteiger partial charge in [-0.2, -0.15) is 5.10 Å². The van der Waals surface area contributed by atoms with Gasteiger partial charge in [0.25, 0.3) is 5.91 Å². The van der Waals surface area contributed by atoms with Crippen molar-refractivity contribution in [2.24, 2.45) is 5.73 Å². The summed E-state index contributed by atoms with van der Waals surface area (Å²) in [5, 5.41) is 7.32. The van der Waals surface area contributed by atoms with Crippen LogP contribution in [0, 0.1) is 0 Å². The van der Waals surface area contributed by atoms with Gasteiger partial charge in [-0.1, -0.05) is 30.3 Å². The Morgan fingerprint density at radius 2 is 1.92 bits per heavy atom. The van der Waals surface area contributed by atoms with E-state index in [-0.39, 0.29) is 17.1 Å². The van der Waals surface area contributed by atoms with Gasteiger partial charge in [-0.3, -0.25) is 14.5 Å². The van der Waals surface area contributed by atoms with E-state index < -0.39 is 15.9 Å². The molecular weight excluding hydrogens is 482 g/mol. The number of carbonyl (C=O) groups excluding carboxylic acids is 1. The van der Waals surface area contributed by atoms with Crippen molar-refractivity contribution in [1.29, 1.82) is 0 Å². The Morgan fingerprint density at radius 3 is 2.61 bits per heavy atom. The van der Waals surface area contributed by atoms with Crippen molar-refractivity contribution in [3.8, 4) is 11.4 Å². The van der Waals surface area contributed by atoms with Crippen molar-refractivity contribution in [2.45, 2.75) is 13.3 Å². The Balaban J connectivity index is 1.69. The molecular formula is C24H25N7O4S. The molecule has 0 saturated carbocycles. The van der Waals surface area contributed by atoms with Gasteiger partial charge in [0.1, 0.15) is 22.9 Å². The van der Waals surface area contributed by atoms with E-state index in [0.29, 0.717) is 36.0 Å². The Bertz CT molecular complexity index is 1440. The molecule has 0 spiro atoms. The maximum Gasteiger partial charge on any atom is 0.254 e. The van der Waals surface area contributed by atoms with Crippen LogP contribution in [0.15, 0.2) is 73.3 Å². The molecule has 0 saturated heterocycles. The molecule has 2 aromatic heterocycles. The van der Waals surface area contributed by atoms with Gasteiger partial charge < -0.3 is 15.8 Å². The largest absolute Gasteiger partial charge is 0.491 e. The van der Waals surface area contributed by atoms with E-state index in [1.165, 1.54) is 29.5 Å². The zero-order valence-electron chi connectivity index (χ0n) is 19.5. The predicted molar refractivity (Wildman–Crippen MR) is 136 cm³/mol. The lowest BCUT2D eigenvalue weighted by atomic mass is 10.2. The predicted octanol–water partition coefficient (Wildman–Crippen LogP) is 2.89. The van der Waals surface area contributed by atoms with Crippen LogP contribution in [0.25, 0.3) is 5.69 Å². The quantitative estimate of drug-likeness (QED) is 0.280. The summed E-state index contributed by atoms with van der Waals surface area (Å²) in [7, 11) is -3.55. The molecule has 0 aliphatic heterocycles. The van der Waals surface area contributed by atoms with Crippen molar-refractivity contribution >= 4 is 33.3 Å². The summed E-state index contributed by atoms with van der Waals surface area (Å²) in [6, 6.07) is 14.7. The van der Waals surface area contributed by atoms with Gasteiger partial charge in [0, 0.05) is 24.9 Å². The van der Waals surface area contributed by atoms with Gasteiger partial charge in [0.15, 0.2) is 0 Å². The van der Waals surface area contributed by atoms with Crippen LogP contribution in [-0.2, 0) is 16.4 Å². The number of rotatable bonds is 11. The van der Waals surface area contributed by atoms with E-state index >= 15 is 0 Å². The molecule has 4 rings (SSSR count). The monoisotopic (exact) mass is 507 g/mol. The molecule has 4 aromatic rings. The lowest BCUT2D eigenvalue weighted by Gasteiger charge is -2.16. The smallest absolute Gasteiger partial charge is 0.254 e. The van der Waals surface area contributed by atoms with E-state index in [4.69, 9.17) is 10.5 Å². The number of ether oxygens (including phenoxy) is 1. The topological polar surface area (TPSA) is 154 Å². The Hall–Kier alpha value is -4.45. The van der Waals surface area contributed by atoms with Crippen molar-refractivity contribution < 1.29 is 17.9 Å². The molecule has 11 nitrogen and oxygen atoms in total. The first-order valence-corrected chi connectivity index (χ1v) is 12.7. The number of anilines is 3. The Morgan fingerprint density at radius 1 is 1.11 bits per heavy atom. The van der Waals surface area contributed by atoms with Gasteiger partial charge in [-0.05, 0) is 24.6 Å². The summed E-state index contributed by atoms with van der Waals surface area (Å²) >= 11 is 0. The fourth-order valence-corrected chi connectivity index (χ4v) is 3.99. The Labute approximate surface area is 208 Å². The van der Waals surface area contributed by atoms with Gasteiger partial charge in [-0.25, -0.2) is 18.1 Å². The third-order valence-electron chi connectivity index (χ3n) is 5.19. The second-order valence-electron chi connectivity index (χ2n) is 7.67. The molecule has 0 atom stereocenters. The zero-order chi connectivity index (χ0) is 25.5. The third-order valence-corrected chi connectivity index (χ3v) is 6.48. The van der Waals surface area contributed by atoms with Crippen molar-refractivity contribution in [3.05, 3.63) is 84.4 Å². The lowest BCUT2D eigenvalue weighted by molar-refractivity contribution is 0.100. The van der Waals surface area contributed by atoms with Crippen LogP contribution in [0.4, 0.5) is 17.3 Å². The number of primary amides is 1. The minimum Gasteiger partial charge on any atom is -0.491 e. The molecule has 4 N–H and O–H groups in total. The number of nitrogens with zero attached hydrogens (tertiary/aromatic N) is 4. The second-order valence-corrected chi connectivity index (χ2v) is 9.68. The van der Waals surface area contributed by atoms with Crippen LogP contribution in [0.2, 0.25) is 0 Å². The molecule has 0 aliphatic rings. The molecule has 0 fully saturated rings. The molecule has 2 aromatic carbocycles. The maximum absolute atomic E-state index is 12.2. The van der Waals surface area contributed by atoms with Crippen molar-refractivity contribution in [3.63, 3.8) is 0 Å². The number of nitrogens with one attached hydrogen (secondary N) is 2. The molecule has 1 amide bonds. The number of amides is 1. The van der Waals surface area contributed by atoms with E-state index in [9.17, 15) is 13.2 Å². The van der Waals surface area contributed by atoms with Gasteiger partial charge in [0.2, 0.25) is 10.0 Å². The first-order chi connectivity index (χ1) is 17.4. The molecule has 186 valence electrons. The molecule has 0 aliphatic carbocycles.